The van der Waals surface area contributed by atoms with Gasteiger partial charge in [0.25, 0.3) is 5.91 Å². The van der Waals surface area contributed by atoms with Crippen LogP contribution in [0.3, 0.4) is 0 Å². The third-order valence-corrected chi connectivity index (χ3v) is 5.19. The van der Waals surface area contributed by atoms with Gasteiger partial charge in [-0.05, 0) is 54.1 Å². The Balaban J connectivity index is 1.72. The number of amides is 1. The van der Waals surface area contributed by atoms with Gasteiger partial charge in [-0.3, -0.25) is 4.79 Å². The molecule has 5 nitrogen and oxygen atoms in total. The molecule has 0 saturated carbocycles. The summed E-state index contributed by atoms with van der Waals surface area (Å²) in [5.74, 6) is 0.520. The van der Waals surface area contributed by atoms with Gasteiger partial charge in [0.1, 0.15) is 0 Å². The minimum absolute atomic E-state index is 0.0228. The monoisotopic (exact) mass is 351 g/mol. The molecule has 0 spiro atoms. The summed E-state index contributed by atoms with van der Waals surface area (Å²) in [6.45, 7) is 2.14. The zero-order valence-electron chi connectivity index (χ0n) is 13.9. The maximum absolute atomic E-state index is 12.8. The standard InChI is InChI=1S/C18H25NO4S/c20-8-4-9-22-17-12-15(14-5-10-24-13-14)11-16(23-17)18(21)19-6-2-1-3-7-19/h5,10-11,13,15,17,20H,1-4,6-9,12H2/t15-,17+/m0/s1. The van der Waals surface area contributed by atoms with Gasteiger partial charge in [-0.1, -0.05) is 0 Å². The van der Waals surface area contributed by atoms with Crippen molar-refractivity contribution in [2.45, 2.75) is 44.3 Å². The van der Waals surface area contributed by atoms with Crippen LogP contribution >= 0.6 is 11.3 Å². The number of allylic oxidation sites excluding steroid dienone is 1. The molecule has 1 aromatic rings. The number of hydrogen-bond acceptors (Lipinski definition) is 5. The van der Waals surface area contributed by atoms with Crippen LogP contribution in [-0.4, -0.2) is 48.5 Å². The van der Waals surface area contributed by atoms with Gasteiger partial charge in [-0.2, -0.15) is 11.3 Å². The lowest BCUT2D eigenvalue weighted by Gasteiger charge is -2.32. The first-order valence-corrected chi connectivity index (χ1v) is 9.64. The predicted molar refractivity (Wildman–Crippen MR) is 92.7 cm³/mol. The van der Waals surface area contributed by atoms with Crippen molar-refractivity contribution in [1.82, 2.24) is 4.90 Å². The van der Waals surface area contributed by atoms with Crippen molar-refractivity contribution >= 4 is 17.2 Å². The minimum atomic E-state index is -0.435. The fraction of sp³-hybridized carbons (Fsp3) is 0.611. The Morgan fingerprint density at radius 1 is 1.38 bits per heavy atom. The first-order chi connectivity index (χ1) is 11.8. The van der Waals surface area contributed by atoms with Crippen LogP contribution in [0, 0.1) is 0 Å². The molecule has 1 amide bonds. The summed E-state index contributed by atoms with van der Waals surface area (Å²) in [5, 5.41) is 13.1. The molecule has 0 bridgehead atoms. The number of carbonyl (C=O) groups excluding carboxylic acids is 1. The number of aliphatic hydroxyl groups excluding tert-OH is 1. The Kier molecular flexibility index (Phi) is 6.29. The van der Waals surface area contributed by atoms with E-state index in [-0.39, 0.29) is 18.4 Å². The van der Waals surface area contributed by atoms with Crippen LogP contribution in [0.15, 0.2) is 28.7 Å². The lowest BCUT2D eigenvalue weighted by atomic mass is 9.95. The maximum atomic E-state index is 12.8. The highest BCUT2D eigenvalue weighted by atomic mass is 32.1. The number of piperidine rings is 1. The third kappa shape index (κ3) is 4.37. The van der Waals surface area contributed by atoms with Gasteiger partial charge in [0.05, 0.1) is 6.61 Å². The molecule has 1 N–H and O–H groups in total. The Hall–Kier alpha value is -1.37. The normalized spacial score (nSPS) is 24.4. The van der Waals surface area contributed by atoms with Gasteiger partial charge >= 0.3 is 0 Å². The van der Waals surface area contributed by atoms with E-state index in [4.69, 9.17) is 14.6 Å². The molecule has 2 aliphatic heterocycles. The number of carbonyl (C=O) groups is 1. The lowest BCUT2D eigenvalue weighted by molar-refractivity contribution is -0.153. The first kappa shape index (κ1) is 17.5. The molecule has 0 aliphatic carbocycles. The summed E-state index contributed by atoms with van der Waals surface area (Å²) >= 11 is 1.65. The van der Waals surface area contributed by atoms with Gasteiger partial charge in [-0.25, -0.2) is 0 Å². The summed E-state index contributed by atoms with van der Waals surface area (Å²) < 4.78 is 11.6. The Bertz CT molecular complexity index is 551. The fourth-order valence-corrected chi connectivity index (χ4v) is 3.89. The first-order valence-electron chi connectivity index (χ1n) is 8.70. The van der Waals surface area contributed by atoms with Gasteiger partial charge in [0.15, 0.2) is 5.76 Å². The summed E-state index contributed by atoms with van der Waals surface area (Å²) in [4.78, 5) is 14.7. The molecule has 2 aliphatic rings. The molecular weight excluding hydrogens is 326 g/mol. The zero-order chi connectivity index (χ0) is 16.8. The number of nitrogens with zero attached hydrogens (tertiary/aromatic N) is 1. The molecule has 3 heterocycles. The average molecular weight is 351 g/mol. The van der Waals surface area contributed by atoms with Gasteiger partial charge < -0.3 is 19.5 Å². The quantitative estimate of drug-likeness (QED) is 0.801. The van der Waals surface area contributed by atoms with E-state index in [9.17, 15) is 4.79 Å². The van der Waals surface area contributed by atoms with Crippen molar-refractivity contribution in [2.24, 2.45) is 0 Å². The highest BCUT2D eigenvalue weighted by molar-refractivity contribution is 7.08. The predicted octanol–water partition coefficient (Wildman–Crippen LogP) is 2.87. The zero-order valence-corrected chi connectivity index (χ0v) is 14.7. The Morgan fingerprint density at radius 2 is 2.21 bits per heavy atom. The molecule has 0 unspecified atom stereocenters. The van der Waals surface area contributed by atoms with E-state index in [1.54, 1.807) is 11.3 Å². The molecule has 1 aromatic heterocycles. The molecule has 1 saturated heterocycles. The van der Waals surface area contributed by atoms with E-state index in [0.29, 0.717) is 25.2 Å². The fourth-order valence-electron chi connectivity index (χ4n) is 3.16. The van der Waals surface area contributed by atoms with E-state index >= 15 is 0 Å². The van der Waals surface area contributed by atoms with Crippen LogP contribution in [0.1, 0.15) is 43.6 Å². The molecule has 1 fully saturated rings. The SMILES string of the molecule is O=C(C1=C[C@H](c2ccsc2)C[C@H](OCCCO)O1)N1CCCCC1. The molecule has 0 radical (unpaired) electrons. The highest BCUT2D eigenvalue weighted by Gasteiger charge is 2.31. The summed E-state index contributed by atoms with van der Waals surface area (Å²) in [6, 6.07) is 2.09. The molecular formula is C18H25NO4S. The molecule has 6 heteroatoms. The van der Waals surface area contributed by atoms with Gasteiger partial charge in [-0.15, -0.1) is 0 Å². The number of likely N-dealkylation sites (tertiary alicyclic amines) is 1. The summed E-state index contributed by atoms with van der Waals surface area (Å²) in [6.07, 6.45) is 6.09. The average Bonchev–Trinajstić information content (AvgIpc) is 3.16. The van der Waals surface area contributed by atoms with E-state index in [0.717, 1.165) is 25.9 Å². The Labute approximate surface area is 146 Å². The van der Waals surface area contributed by atoms with Crippen molar-refractivity contribution in [3.05, 3.63) is 34.2 Å². The molecule has 132 valence electrons. The van der Waals surface area contributed by atoms with Crippen molar-refractivity contribution in [2.75, 3.05) is 26.3 Å². The second-order valence-electron chi connectivity index (χ2n) is 6.28. The van der Waals surface area contributed by atoms with Crippen molar-refractivity contribution < 1.29 is 19.4 Å². The third-order valence-electron chi connectivity index (χ3n) is 4.49. The second kappa shape index (κ2) is 8.65. The topological polar surface area (TPSA) is 59.0 Å². The highest BCUT2D eigenvalue weighted by Crippen LogP contribution is 2.33. The van der Waals surface area contributed by atoms with Crippen molar-refractivity contribution in [3.8, 4) is 0 Å². The number of ether oxygens (including phenoxy) is 2. The van der Waals surface area contributed by atoms with Gasteiger partial charge in [0, 0.05) is 32.0 Å². The molecule has 3 rings (SSSR count). The van der Waals surface area contributed by atoms with E-state index < -0.39 is 6.29 Å². The second-order valence-corrected chi connectivity index (χ2v) is 7.06. The summed E-state index contributed by atoms with van der Waals surface area (Å²) in [5.41, 5.74) is 1.20. The summed E-state index contributed by atoms with van der Waals surface area (Å²) in [7, 11) is 0. The number of thiophene rings is 1. The maximum Gasteiger partial charge on any atom is 0.288 e. The minimum Gasteiger partial charge on any atom is -0.459 e. The number of rotatable bonds is 6. The van der Waals surface area contributed by atoms with Crippen molar-refractivity contribution in [1.29, 1.82) is 0 Å². The molecule has 0 aromatic carbocycles. The molecule has 24 heavy (non-hydrogen) atoms. The van der Waals surface area contributed by atoms with Crippen LogP contribution in [0.4, 0.5) is 0 Å². The van der Waals surface area contributed by atoms with Gasteiger partial charge in [0.2, 0.25) is 6.29 Å². The van der Waals surface area contributed by atoms with E-state index in [2.05, 4.69) is 11.4 Å². The number of aliphatic hydroxyl groups is 1. The van der Waals surface area contributed by atoms with Crippen LogP contribution in [0.25, 0.3) is 0 Å². The van der Waals surface area contributed by atoms with Crippen LogP contribution in [0.2, 0.25) is 0 Å². The molecule has 2 atom stereocenters. The van der Waals surface area contributed by atoms with E-state index in [1.807, 2.05) is 16.4 Å². The van der Waals surface area contributed by atoms with Crippen LogP contribution in [0.5, 0.6) is 0 Å². The number of hydrogen-bond donors (Lipinski definition) is 1. The smallest absolute Gasteiger partial charge is 0.288 e. The lowest BCUT2D eigenvalue weighted by Crippen LogP contribution is -2.39. The van der Waals surface area contributed by atoms with Crippen LogP contribution in [-0.2, 0) is 14.3 Å². The van der Waals surface area contributed by atoms with E-state index in [1.165, 1.54) is 12.0 Å². The Morgan fingerprint density at radius 3 is 2.92 bits per heavy atom. The largest absolute Gasteiger partial charge is 0.459 e. The van der Waals surface area contributed by atoms with Crippen molar-refractivity contribution in [3.63, 3.8) is 0 Å². The van der Waals surface area contributed by atoms with Crippen LogP contribution < -0.4 is 0 Å².